The van der Waals surface area contributed by atoms with E-state index >= 15 is 0 Å². The van der Waals surface area contributed by atoms with Gasteiger partial charge in [0.05, 0.1) is 15.8 Å². The number of benzene rings is 7. The number of para-hydroxylation sites is 2. The van der Waals surface area contributed by atoms with Crippen LogP contribution in [-0.2, 0) is 0 Å². The summed E-state index contributed by atoms with van der Waals surface area (Å²) in [4.78, 5) is 2.38. The molecule has 9 aromatic rings. The fraction of sp³-hybridized carbons (Fsp3) is 0. The van der Waals surface area contributed by atoms with Crippen LogP contribution in [0.1, 0.15) is 0 Å². The highest BCUT2D eigenvalue weighted by Gasteiger charge is 2.23. The lowest BCUT2D eigenvalue weighted by molar-refractivity contribution is 0.673. The zero-order valence-electron chi connectivity index (χ0n) is 24.4. The van der Waals surface area contributed by atoms with Gasteiger partial charge in [0, 0.05) is 32.2 Å². The van der Waals surface area contributed by atoms with Crippen LogP contribution >= 0.6 is 11.3 Å². The molecule has 0 spiro atoms. The zero-order chi connectivity index (χ0) is 29.7. The van der Waals surface area contributed by atoms with Gasteiger partial charge < -0.3 is 9.32 Å². The van der Waals surface area contributed by atoms with Crippen LogP contribution in [-0.4, -0.2) is 0 Å². The Labute approximate surface area is 265 Å². The average molecular weight is 594 g/mol. The van der Waals surface area contributed by atoms with Crippen molar-refractivity contribution in [2.24, 2.45) is 0 Å². The van der Waals surface area contributed by atoms with Crippen molar-refractivity contribution in [3.05, 3.63) is 164 Å². The summed E-state index contributed by atoms with van der Waals surface area (Å²) in [7, 11) is 0. The molecule has 0 aliphatic carbocycles. The van der Waals surface area contributed by atoms with Crippen LogP contribution in [0.3, 0.4) is 0 Å². The molecule has 0 saturated carbocycles. The maximum absolute atomic E-state index is 6.67. The topological polar surface area (TPSA) is 16.4 Å². The standard InChI is InChI=1S/C42H27NOS/c1-3-13-28(14-4-1)32-17-7-8-18-33(32)29-23-25-31(26-24-29)43(30-15-5-2-6-16-30)37-27-36-34-19-10-12-22-39(34)45-42(36)41-40(37)35-20-9-11-21-38(35)44-41/h1-27H. The third kappa shape index (κ3) is 4.24. The van der Waals surface area contributed by atoms with Crippen LogP contribution in [0.25, 0.3) is 64.4 Å². The fourth-order valence-corrected chi connectivity index (χ4v) is 7.79. The molecule has 0 atom stereocenters. The molecule has 9 rings (SSSR count). The molecule has 212 valence electrons. The number of furan rings is 1. The van der Waals surface area contributed by atoms with Gasteiger partial charge in [-0.15, -0.1) is 11.3 Å². The summed E-state index contributed by atoms with van der Waals surface area (Å²) in [5, 5.41) is 4.72. The Hall–Kier alpha value is -5.64. The number of hydrogen-bond donors (Lipinski definition) is 0. The molecule has 2 heterocycles. The van der Waals surface area contributed by atoms with Gasteiger partial charge in [0.2, 0.25) is 0 Å². The van der Waals surface area contributed by atoms with E-state index < -0.39 is 0 Å². The van der Waals surface area contributed by atoms with Gasteiger partial charge in [-0.25, -0.2) is 0 Å². The monoisotopic (exact) mass is 593 g/mol. The molecule has 0 amide bonds. The van der Waals surface area contributed by atoms with Crippen molar-refractivity contribution < 1.29 is 4.42 Å². The highest BCUT2D eigenvalue weighted by Crippen LogP contribution is 2.49. The SMILES string of the molecule is c1ccc(-c2ccccc2-c2ccc(N(c3ccccc3)c3cc4c5ccccc5sc4c4oc5ccccc5c34)cc2)cc1. The maximum atomic E-state index is 6.67. The predicted molar refractivity (Wildman–Crippen MR) is 192 cm³/mol. The summed E-state index contributed by atoms with van der Waals surface area (Å²) < 4.78 is 9.12. The molecule has 0 fully saturated rings. The van der Waals surface area contributed by atoms with Crippen LogP contribution in [0.5, 0.6) is 0 Å². The summed E-state index contributed by atoms with van der Waals surface area (Å²) >= 11 is 1.81. The summed E-state index contributed by atoms with van der Waals surface area (Å²) in [5.74, 6) is 0. The highest BCUT2D eigenvalue weighted by atomic mass is 32.1. The van der Waals surface area contributed by atoms with Gasteiger partial charge >= 0.3 is 0 Å². The molecule has 0 bridgehead atoms. The molecule has 0 aliphatic heterocycles. The molecule has 0 aliphatic rings. The van der Waals surface area contributed by atoms with Gasteiger partial charge in [-0.2, -0.15) is 0 Å². The molecule has 0 N–H and O–H groups in total. The lowest BCUT2D eigenvalue weighted by Crippen LogP contribution is -2.10. The van der Waals surface area contributed by atoms with E-state index in [4.69, 9.17) is 4.42 Å². The summed E-state index contributed by atoms with van der Waals surface area (Å²) in [6.45, 7) is 0. The molecule has 2 aromatic heterocycles. The number of rotatable bonds is 5. The number of nitrogens with zero attached hydrogens (tertiary/aromatic N) is 1. The third-order valence-corrected chi connectivity index (χ3v) is 9.86. The van der Waals surface area contributed by atoms with Gasteiger partial charge in [0.15, 0.2) is 5.58 Å². The molecule has 0 saturated heterocycles. The van der Waals surface area contributed by atoms with E-state index in [1.165, 1.54) is 42.4 Å². The zero-order valence-corrected chi connectivity index (χ0v) is 25.2. The van der Waals surface area contributed by atoms with Crippen LogP contribution in [0.4, 0.5) is 17.1 Å². The number of anilines is 3. The Morgan fingerprint density at radius 1 is 0.467 bits per heavy atom. The van der Waals surface area contributed by atoms with Gasteiger partial charge in [-0.3, -0.25) is 0 Å². The van der Waals surface area contributed by atoms with Crippen molar-refractivity contribution >= 4 is 70.5 Å². The third-order valence-electron chi connectivity index (χ3n) is 8.68. The van der Waals surface area contributed by atoms with Crippen molar-refractivity contribution in [2.75, 3.05) is 4.90 Å². The van der Waals surface area contributed by atoms with Crippen molar-refractivity contribution in [2.45, 2.75) is 0 Å². The highest BCUT2D eigenvalue weighted by molar-refractivity contribution is 7.26. The molecule has 3 heteroatoms. The summed E-state index contributed by atoms with van der Waals surface area (Å²) in [6, 6.07) is 58.3. The van der Waals surface area contributed by atoms with Gasteiger partial charge in [0.25, 0.3) is 0 Å². The molecular formula is C42H27NOS. The Bertz CT molecular complexity index is 2470. The van der Waals surface area contributed by atoms with E-state index in [0.29, 0.717) is 0 Å². The minimum absolute atomic E-state index is 0.902. The first kappa shape index (κ1) is 25.8. The number of thiophene rings is 1. The second-order valence-electron chi connectivity index (χ2n) is 11.3. The maximum Gasteiger partial charge on any atom is 0.155 e. The first-order chi connectivity index (χ1) is 22.3. The van der Waals surface area contributed by atoms with E-state index in [9.17, 15) is 0 Å². The van der Waals surface area contributed by atoms with E-state index in [0.717, 1.165) is 39.0 Å². The quantitative estimate of drug-likeness (QED) is 0.197. The molecule has 7 aromatic carbocycles. The van der Waals surface area contributed by atoms with Crippen LogP contribution < -0.4 is 4.90 Å². The number of hydrogen-bond acceptors (Lipinski definition) is 3. The fourth-order valence-electron chi connectivity index (χ4n) is 6.62. The lowest BCUT2D eigenvalue weighted by atomic mass is 9.94. The molecule has 0 radical (unpaired) electrons. The molecular weight excluding hydrogens is 567 g/mol. The predicted octanol–water partition coefficient (Wildman–Crippen LogP) is 12.8. The second kappa shape index (κ2) is 10.5. The van der Waals surface area contributed by atoms with Gasteiger partial charge in [-0.1, -0.05) is 121 Å². The first-order valence-electron chi connectivity index (χ1n) is 15.2. The summed E-state index contributed by atoms with van der Waals surface area (Å²) in [5.41, 5.74) is 9.99. The van der Waals surface area contributed by atoms with Crippen molar-refractivity contribution in [3.8, 4) is 22.3 Å². The van der Waals surface area contributed by atoms with Crippen molar-refractivity contribution in [1.29, 1.82) is 0 Å². The Kier molecular flexibility index (Phi) is 6.03. The molecule has 0 unspecified atom stereocenters. The normalized spacial score (nSPS) is 11.6. The Morgan fingerprint density at radius 3 is 1.80 bits per heavy atom. The van der Waals surface area contributed by atoms with Gasteiger partial charge in [0.1, 0.15) is 5.58 Å². The second-order valence-corrected chi connectivity index (χ2v) is 12.4. The van der Waals surface area contributed by atoms with Crippen LogP contribution in [0.15, 0.2) is 168 Å². The Balaban J connectivity index is 1.29. The summed E-state index contributed by atoms with van der Waals surface area (Å²) in [6.07, 6.45) is 0. The van der Waals surface area contributed by atoms with Gasteiger partial charge in [-0.05, 0) is 64.7 Å². The minimum Gasteiger partial charge on any atom is -0.454 e. The van der Waals surface area contributed by atoms with Crippen LogP contribution in [0.2, 0.25) is 0 Å². The Morgan fingerprint density at radius 2 is 1.04 bits per heavy atom. The number of fused-ring (bicyclic) bond motifs is 7. The van der Waals surface area contributed by atoms with E-state index in [1.54, 1.807) is 11.3 Å². The van der Waals surface area contributed by atoms with Crippen molar-refractivity contribution in [1.82, 2.24) is 0 Å². The van der Waals surface area contributed by atoms with Crippen LogP contribution in [0, 0.1) is 0 Å². The molecule has 2 nitrogen and oxygen atoms in total. The minimum atomic E-state index is 0.902. The van der Waals surface area contributed by atoms with E-state index in [2.05, 4.69) is 163 Å². The lowest BCUT2D eigenvalue weighted by Gasteiger charge is -2.27. The average Bonchev–Trinajstić information content (AvgIpc) is 3.69. The van der Waals surface area contributed by atoms with Crippen molar-refractivity contribution in [3.63, 3.8) is 0 Å². The smallest absolute Gasteiger partial charge is 0.155 e. The largest absolute Gasteiger partial charge is 0.454 e. The molecule has 45 heavy (non-hydrogen) atoms. The first-order valence-corrected chi connectivity index (χ1v) is 16.0. The van der Waals surface area contributed by atoms with E-state index in [1.807, 2.05) is 6.07 Å². The van der Waals surface area contributed by atoms with E-state index in [-0.39, 0.29) is 0 Å².